The number of thiophene rings is 1. The van der Waals surface area contributed by atoms with Crippen molar-refractivity contribution >= 4 is 39.8 Å². The van der Waals surface area contributed by atoms with Crippen LogP contribution in [0.2, 0.25) is 0 Å². The third-order valence-electron chi connectivity index (χ3n) is 4.71. The summed E-state index contributed by atoms with van der Waals surface area (Å²) in [6.45, 7) is 1.82. The summed E-state index contributed by atoms with van der Waals surface area (Å²) in [5.41, 5.74) is 2.00. The molecule has 0 fully saturated rings. The van der Waals surface area contributed by atoms with Crippen LogP contribution in [0.15, 0.2) is 40.6 Å². The number of rotatable bonds is 5. The van der Waals surface area contributed by atoms with E-state index >= 15 is 0 Å². The summed E-state index contributed by atoms with van der Waals surface area (Å²) in [6, 6.07) is 9.00. The molecule has 28 heavy (non-hydrogen) atoms. The lowest BCUT2D eigenvalue weighted by Gasteiger charge is -2.06. The molecule has 0 saturated carbocycles. The molecule has 4 rings (SSSR count). The average Bonchev–Trinajstić information content (AvgIpc) is 3.34. The Balaban J connectivity index is 1.66. The summed E-state index contributed by atoms with van der Waals surface area (Å²) in [6.07, 6.45) is 3.13. The molecule has 0 radical (unpaired) electrons. The third-order valence-corrected chi connectivity index (χ3v) is 5.93. The number of esters is 1. The minimum absolute atomic E-state index is 0.151. The van der Waals surface area contributed by atoms with Crippen LogP contribution in [0.3, 0.4) is 0 Å². The average molecular weight is 397 g/mol. The highest BCUT2D eigenvalue weighted by atomic mass is 32.1. The summed E-state index contributed by atoms with van der Waals surface area (Å²) in [5.74, 6) is -1.12. The highest BCUT2D eigenvalue weighted by Gasteiger charge is 2.21. The van der Waals surface area contributed by atoms with E-state index < -0.39 is 11.9 Å². The first-order valence-electron chi connectivity index (χ1n) is 9.12. The zero-order valence-corrected chi connectivity index (χ0v) is 16.2. The van der Waals surface area contributed by atoms with Crippen molar-refractivity contribution in [2.75, 3.05) is 6.61 Å². The van der Waals surface area contributed by atoms with Gasteiger partial charge in [-0.3, -0.25) is 14.2 Å². The van der Waals surface area contributed by atoms with Crippen LogP contribution in [0.25, 0.3) is 10.9 Å². The van der Waals surface area contributed by atoms with Gasteiger partial charge in [0.05, 0.1) is 17.0 Å². The summed E-state index contributed by atoms with van der Waals surface area (Å²) in [5, 5.41) is 19.1. The molecule has 144 valence electrons. The second-order valence-corrected chi connectivity index (χ2v) is 7.64. The number of amides is 1. The number of aromatic hydroxyl groups is 1. The Morgan fingerprint density at radius 3 is 2.89 bits per heavy atom. The van der Waals surface area contributed by atoms with E-state index in [-0.39, 0.29) is 24.7 Å². The van der Waals surface area contributed by atoms with E-state index in [1.807, 2.05) is 6.07 Å². The second kappa shape index (κ2) is 7.55. The molecule has 7 nitrogen and oxygen atoms in total. The quantitative estimate of drug-likeness (QED) is 0.510. The van der Waals surface area contributed by atoms with Gasteiger partial charge in [0.1, 0.15) is 6.54 Å². The van der Waals surface area contributed by atoms with Gasteiger partial charge in [-0.2, -0.15) is 0 Å². The van der Waals surface area contributed by atoms with E-state index in [4.69, 9.17) is 4.74 Å². The third kappa shape index (κ3) is 3.31. The SMILES string of the molecule is CCOC(=O)Cn1c(O)c(N=NC(=O)c2cc3c(s2)CCC3)c2ccccc21. The maximum Gasteiger partial charge on any atom is 0.326 e. The molecule has 1 aliphatic carbocycles. The van der Waals surface area contributed by atoms with Gasteiger partial charge in [0.25, 0.3) is 0 Å². The minimum atomic E-state index is -0.466. The fourth-order valence-electron chi connectivity index (χ4n) is 3.45. The number of ether oxygens (including phenoxy) is 1. The topological polar surface area (TPSA) is 93.2 Å². The van der Waals surface area contributed by atoms with Crippen LogP contribution < -0.4 is 0 Å². The maximum absolute atomic E-state index is 12.4. The second-order valence-electron chi connectivity index (χ2n) is 6.50. The molecule has 1 amide bonds. The van der Waals surface area contributed by atoms with Gasteiger partial charge in [0.15, 0.2) is 5.69 Å². The van der Waals surface area contributed by atoms with Crippen LogP contribution in [0, 0.1) is 0 Å². The number of fused-ring (bicyclic) bond motifs is 2. The first kappa shape index (κ1) is 18.4. The molecule has 8 heteroatoms. The van der Waals surface area contributed by atoms with Crippen molar-refractivity contribution in [3.8, 4) is 5.88 Å². The first-order valence-corrected chi connectivity index (χ1v) is 9.93. The largest absolute Gasteiger partial charge is 0.493 e. The van der Waals surface area contributed by atoms with Gasteiger partial charge in [-0.25, -0.2) is 0 Å². The van der Waals surface area contributed by atoms with Crippen LogP contribution in [0.4, 0.5) is 5.69 Å². The van der Waals surface area contributed by atoms with Gasteiger partial charge in [-0.05, 0) is 43.9 Å². The van der Waals surface area contributed by atoms with E-state index in [0.29, 0.717) is 15.8 Å². The Hall–Kier alpha value is -3.00. The zero-order chi connectivity index (χ0) is 19.7. The molecule has 0 atom stereocenters. The summed E-state index contributed by atoms with van der Waals surface area (Å²) in [4.78, 5) is 26.1. The summed E-state index contributed by atoms with van der Waals surface area (Å²) < 4.78 is 6.38. The summed E-state index contributed by atoms with van der Waals surface area (Å²) >= 11 is 1.46. The number of aromatic nitrogens is 1. The molecule has 0 saturated heterocycles. The van der Waals surface area contributed by atoms with Crippen LogP contribution >= 0.6 is 11.3 Å². The Morgan fingerprint density at radius 2 is 2.11 bits per heavy atom. The highest BCUT2D eigenvalue weighted by Crippen LogP contribution is 2.39. The summed E-state index contributed by atoms with van der Waals surface area (Å²) in [7, 11) is 0. The predicted molar refractivity (Wildman–Crippen MR) is 105 cm³/mol. The number of carbonyl (C=O) groups excluding carboxylic acids is 2. The Kier molecular flexibility index (Phi) is 4.95. The van der Waals surface area contributed by atoms with Gasteiger partial charge in [0, 0.05) is 10.3 Å². The number of para-hydroxylation sites is 1. The molecule has 3 aromatic rings. The highest BCUT2D eigenvalue weighted by molar-refractivity contribution is 7.14. The molecule has 0 spiro atoms. The smallest absolute Gasteiger partial charge is 0.326 e. The standard InChI is InChI=1S/C20H19N3O4S/c1-2-27-17(24)11-23-14-8-4-3-7-13(14)18(20(23)26)21-22-19(25)16-10-12-6-5-9-15(12)28-16/h3-4,7-8,10,26H,2,5-6,9,11H2,1H3. The van der Waals surface area contributed by atoms with Crippen LogP contribution in [-0.4, -0.2) is 28.2 Å². The van der Waals surface area contributed by atoms with Gasteiger partial charge < -0.3 is 9.84 Å². The van der Waals surface area contributed by atoms with Crippen LogP contribution in [0.5, 0.6) is 5.88 Å². The molecule has 2 aromatic heterocycles. The predicted octanol–water partition coefficient (Wildman–Crippen LogP) is 4.38. The van der Waals surface area contributed by atoms with Crippen molar-refractivity contribution in [2.45, 2.75) is 32.7 Å². The van der Waals surface area contributed by atoms with Gasteiger partial charge in [-0.1, -0.05) is 18.2 Å². The lowest BCUT2D eigenvalue weighted by Crippen LogP contribution is -2.12. The van der Waals surface area contributed by atoms with E-state index in [2.05, 4.69) is 10.2 Å². The molecule has 1 aliphatic rings. The van der Waals surface area contributed by atoms with E-state index in [1.165, 1.54) is 26.3 Å². The normalized spacial score (nSPS) is 13.3. The van der Waals surface area contributed by atoms with Crippen molar-refractivity contribution < 1.29 is 19.4 Å². The fraction of sp³-hybridized carbons (Fsp3) is 0.300. The Labute approximate surface area is 165 Å². The monoisotopic (exact) mass is 397 g/mol. The Bertz CT molecular complexity index is 1080. The number of hydrogen-bond acceptors (Lipinski definition) is 6. The molecule has 0 bridgehead atoms. The lowest BCUT2D eigenvalue weighted by molar-refractivity contribution is -0.143. The van der Waals surface area contributed by atoms with Gasteiger partial charge >= 0.3 is 11.9 Å². The zero-order valence-electron chi connectivity index (χ0n) is 15.3. The molecular weight excluding hydrogens is 378 g/mol. The first-order chi connectivity index (χ1) is 13.6. The van der Waals surface area contributed by atoms with Crippen LogP contribution in [0.1, 0.15) is 33.5 Å². The van der Waals surface area contributed by atoms with Crippen molar-refractivity contribution in [1.29, 1.82) is 0 Å². The molecule has 2 heterocycles. The fourth-order valence-corrected chi connectivity index (χ4v) is 4.58. The van der Waals surface area contributed by atoms with Crippen molar-refractivity contribution in [2.24, 2.45) is 10.2 Å². The number of hydrogen-bond donors (Lipinski definition) is 1. The molecule has 0 unspecified atom stereocenters. The van der Waals surface area contributed by atoms with E-state index in [0.717, 1.165) is 19.3 Å². The number of benzene rings is 1. The van der Waals surface area contributed by atoms with Crippen molar-refractivity contribution in [3.05, 3.63) is 45.6 Å². The van der Waals surface area contributed by atoms with Gasteiger partial charge in [0.2, 0.25) is 5.88 Å². The molecule has 1 aromatic carbocycles. The van der Waals surface area contributed by atoms with Crippen molar-refractivity contribution in [3.63, 3.8) is 0 Å². The molecule has 1 N–H and O–H groups in total. The van der Waals surface area contributed by atoms with E-state index in [9.17, 15) is 14.7 Å². The number of azo groups is 1. The number of carbonyl (C=O) groups is 2. The minimum Gasteiger partial charge on any atom is -0.493 e. The lowest BCUT2D eigenvalue weighted by atomic mass is 10.2. The molecular formula is C20H19N3O4S. The maximum atomic E-state index is 12.4. The van der Waals surface area contributed by atoms with Gasteiger partial charge in [-0.15, -0.1) is 21.6 Å². The van der Waals surface area contributed by atoms with Crippen LogP contribution in [-0.2, 0) is 28.9 Å². The van der Waals surface area contributed by atoms with Crippen molar-refractivity contribution in [1.82, 2.24) is 4.57 Å². The van der Waals surface area contributed by atoms with E-state index in [1.54, 1.807) is 31.2 Å². The Morgan fingerprint density at radius 1 is 1.29 bits per heavy atom. The molecule has 0 aliphatic heterocycles. The number of aryl methyl sites for hydroxylation is 2. The number of nitrogens with zero attached hydrogens (tertiary/aromatic N) is 3.